The maximum absolute atomic E-state index is 6.62. The molecule has 0 radical (unpaired) electrons. The van der Waals surface area contributed by atoms with Crippen molar-refractivity contribution in [2.75, 3.05) is 0 Å². The van der Waals surface area contributed by atoms with Crippen molar-refractivity contribution in [1.29, 1.82) is 0 Å². The first-order chi connectivity index (χ1) is 20.3. The van der Waals surface area contributed by atoms with Crippen molar-refractivity contribution < 1.29 is 4.74 Å². The third kappa shape index (κ3) is 4.71. The van der Waals surface area contributed by atoms with Crippen LogP contribution in [0.3, 0.4) is 0 Å². The number of hydrogen-bond donors (Lipinski definition) is 0. The molecule has 0 N–H and O–H groups in total. The van der Waals surface area contributed by atoms with E-state index in [1.165, 1.54) is 44.5 Å². The van der Waals surface area contributed by atoms with Crippen LogP contribution in [-0.4, -0.2) is 0 Å². The van der Waals surface area contributed by atoms with Gasteiger partial charge in [0.2, 0.25) is 0 Å². The van der Waals surface area contributed by atoms with E-state index < -0.39 is 5.60 Å². The molecule has 0 spiro atoms. The number of rotatable bonds is 7. The second-order valence-electron chi connectivity index (χ2n) is 10.4. The van der Waals surface area contributed by atoms with Crippen LogP contribution in [0.2, 0.25) is 0 Å². The minimum Gasteiger partial charge on any atom is -0.351 e. The van der Waals surface area contributed by atoms with E-state index in [-0.39, 0.29) is 6.10 Å². The van der Waals surface area contributed by atoms with E-state index in [0.717, 1.165) is 5.56 Å². The van der Waals surface area contributed by atoms with Crippen molar-refractivity contribution in [3.05, 3.63) is 215 Å². The van der Waals surface area contributed by atoms with Gasteiger partial charge >= 0.3 is 0 Å². The molecule has 1 fully saturated rings. The summed E-state index contributed by atoms with van der Waals surface area (Å²) in [6.45, 7) is 0. The van der Waals surface area contributed by atoms with Gasteiger partial charge in [-0.3, -0.25) is 0 Å². The summed E-state index contributed by atoms with van der Waals surface area (Å²) in [7, 11) is 0. The first kappa shape index (κ1) is 25.0. The molecule has 6 aromatic carbocycles. The van der Waals surface area contributed by atoms with Gasteiger partial charge in [-0.05, 0) is 50.1 Å². The van der Waals surface area contributed by atoms with Gasteiger partial charge in [0.05, 0.1) is 0 Å². The van der Waals surface area contributed by atoms with Crippen LogP contribution in [-0.2, 0) is 10.3 Å². The fourth-order valence-corrected chi connectivity index (χ4v) is 5.98. The van der Waals surface area contributed by atoms with E-state index >= 15 is 0 Å². The highest BCUT2D eigenvalue weighted by atomic mass is 16.6. The molecular weight excluding hydrogens is 496 g/mol. The third-order valence-corrected chi connectivity index (χ3v) is 7.96. The maximum Gasteiger partial charge on any atom is 0.149 e. The first-order valence-electron chi connectivity index (χ1n) is 14.1. The SMILES string of the molecule is c1ccc(C(=C(c2ccccc2)c2ccc(C3(c4ccccc4)OC3c3ccccc3)cc2)c2ccccc2)cc1. The Morgan fingerprint density at radius 2 is 0.707 bits per heavy atom. The molecular formula is C40H30O. The minimum absolute atomic E-state index is 0.0229. The van der Waals surface area contributed by atoms with Gasteiger partial charge in [-0.2, -0.15) is 0 Å². The molecule has 1 heteroatoms. The van der Waals surface area contributed by atoms with E-state index in [0.29, 0.717) is 0 Å². The van der Waals surface area contributed by atoms with Crippen molar-refractivity contribution >= 4 is 11.1 Å². The molecule has 1 heterocycles. The average molecular weight is 527 g/mol. The van der Waals surface area contributed by atoms with E-state index in [9.17, 15) is 0 Å². The van der Waals surface area contributed by atoms with Crippen molar-refractivity contribution in [3.8, 4) is 0 Å². The highest BCUT2D eigenvalue weighted by Crippen LogP contribution is 2.61. The summed E-state index contributed by atoms with van der Waals surface area (Å²) >= 11 is 0. The van der Waals surface area contributed by atoms with Crippen LogP contribution in [0.15, 0.2) is 176 Å². The first-order valence-corrected chi connectivity index (χ1v) is 14.1. The van der Waals surface area contributed by atoms with Gasteiger partial charge < -0.3 is 4.74 Å². The van der Waals surface area contributed by atoms with Crippen molar-refractivity contribution in [2.24, 2.45) is 0 Å². The summed E-state index contributed by atoms with van der Waals surface area (Å²) < 4.78 is 6.62. The highest BCUT2D eigenvalue weighted by Gasteiger charge is 2.59. The maximum atomic E-state index is 6.62. The van der Waals surface area contributed by atoms with Crippen LogP contribution in [0, 0.1) is 0 Å². The summed E-state index contributed by atoms with van der Waals surface area (Å²) in [4.78, 5) is 0. The average Bonchev–Trinajstić information content (AvgIpc) is 3.83. The Morgan fingerprint density at radius 1 is 0.366 bits per heavy atom. The Kier molecular flexibility index (Phi) is 6.64. The highest BCUT2D eigenvalue weighted by molar-refractivity contribution is 6.04. The van der Waals surface area contributed by atoms with Gasteiger partial charge in [-0.15, -0.1) is 0 Å². The van der Waals surface area contributed by atoms with Gasteiger partial charge in [0.1, 0.15) is 11.7 Å². The predicted octanol–water partition coefficient (Wildman–Crippen LogP) is 9.71. The zero-order valence-electron chi connectivity index (χ0n) is 22.7. The van der Waals surface area contributed by atoms with E-state index in [4.69, 9.17) is 4.74 Å². The Bertz CT molecular complexity index is 1720. The Labute approximate surface area is 242 Å². The summed E-state index contributed by atoms with van der Waals surface area (Å²) in [5.41, 5.74) is 10.2. The molecule has 1 saturated heterocycles. The lowest BCUT2D eigenvalue weighted by Gasteiger charge is -2.19. The van der Waals surface area contributed by atoms with Crippen molar-refractivity contribution in [2.45, 2.75) is 11.7 Å². The molecule has 1 aliphatic heterocycles. The molecule has 41 heavy (non-hydrogen) atoms. The Hall–Kier alpha value is -4.98. The van der Waals surface area contributed by atoms with Gasteiger partial charge in [0.15, 0.2) is 0 Å². The molecule has 196 valence electrons. The molecule has 0 saturated carbocycles. The largest absolute Gasteiger partial charge is 0.351 e. The molecule has 1 aliphatic rings. The summed E-state index contributed by atoms with van der Waals surface area (Å²) in [6.07, 6.45) is -0.0229. The standard InChI is InChI=1S/C40H30O/c1-6-16-30(17-7-1)37(31-18-8-2-9-19-31)38(32-20-10-3-11-21-32)33-26-28-36(29-27-33)40(35-24-14-5-15-25-35)39(41-40)34-22-12-4-13-23-34/h1-29,39H. The monoisotopic (exact) mass is 526 g/mol. The zero-order chi connectivity index (χ0) is 27.5. The van der Waals surface area contributed by atoms with Gasteiger partial charge in [-0.25, -0.2) is 0 Å². The van der Waals surface area contributed by atoms with Crippen LogP contribution in [0.1, 0.15) is 45.0 Å². The molecule has 1 nitrogen and oxygen atoms in total. The lowest BCUT2D eigenvalue weighted by Crippen LogP contribution is -2.12. The smallest absolute Gasteiger partial charge is 0.149 e. The van der Waals surface area contributed by atoms with Crippen LogP contribution < -0.4 is 0 Å². The molecule has 0 aliphatic carbocycles. The molecule has 6 aromatic rings. The number of ether oxygens (including phenoxy) is 1. The fraction of sp³-hybridized carbons (Fsp3) is 0.0500. The fourth-order valence-electron chi connectivity index (χ4n) is 5.98. The van der Waals surface area contributed by atoms with Crippen molar-refractivity contribution in [1.82, 2.24) is 0 Å². The number of hydrogen-bond acceptors (Lipinski definition) is 1. The summed E-state index contributed by atoms with van der Waals surface area (Å²) in [6, 6.07) is 62.3. The quantitative estimate of drug-likeness (QED) is 0.149. The van der Waals surface area contributed by atoms with Crippen LogP contribution >= 0.6 is 0 Å². The molecule has 0 amide bonds. The van der Waals surface area contributed by atoms with Gasteiger partial charge in [-0.1, -0.05) is 176 Å². The molecule has 2 atom stereocenters. The molecule has 0 aromatic heterocycles. The zero-order valence-corrected chi connectivity index (χ0v) is 22.7. The minimum atomic E-state index is -0.501. The third-order valence-electron chi connectivity index (χ3n) is 7.96. The van der Waals surface area contributed by atoms with Gasteiger partial charge in [0.25, 0.3) is 0 Å². The normalized spacial score (nSPS) is 17.5. The van der Waals surface area contributed by atoms with Crippen LogP contribution in [0.25, 0.3) is 11.1 Å². The van der Waals surface area contributed by atoms with Crippen LogP contribution in [0.4, 0.5) is 0 Å². The lowest BCUT2D eigenvalue weighted by atomic mass is 9.83. The molecule has 0 bridgehead atoms. The topological polar surface area (TPSA) is 12.5 Å². The van der Waals surface area contributed by atoms with Crippen LogP contribution in [0.5, 0.6) is 0 Å². The predicted molar refractivity (Wildman–Crippen MR) is 168 cm³/mol. The summed E-state index contributed by atoms with van der Waals surface area (Å²) in [5.74, 6) is 0. The summed E-state index contributed by atoms with van der Waals surface area (Å²) in [5, 5.41) is 0. The Balaban J connectivity index is 1.40. The van der Waals surface area contributed by atoms with E-state index in [2.05, 4.69) is 176 Å². The number of benzene rings is 6. The second kappa shape index (κ2) is 10.9. The van der Waals surface area contributed by atoms with Crippen molar-refractivity contribution in [3.63, 3.8) is 0 Å². The molecule has 7 rings (SSSR count). The molecule has 2 unspecified atom stereocenters. The van der Waals surface area contributed by atoms with Gasteiger partial charge in [0, 0.05) is 0 Å². The number of epoxide rings is 1. The second-order valence-corrected chi connectivity index (χ2v) is 10.4. The van der Waals surface area contributed by atoms with E-state index in [1.807, 2.05) is 0 Å². The lowest BCUT2D eigenvalue weighted by molar-refractivity contribution is 0.329. The van der Waals surface area contributed by atoms with E-state index in [1.54, 1.807) is 0 Å². The Morgan fingerprint density at radius 3 is 1.15 bits per heavy atom.